The fourth-order valence-corrected chi connectivity index (χ4v) is 5.21. The van der Waals surface area contributed by atoms with Gasteiger partial charge in [0.25, 0.3) is 0 Å². The Hall–Kier alpha value is -1.71. The summed E-state index contributed by atoms with van der Waals surface area (Å²) in [5.41, 5.74) is 5.43. The van der Waals surface area contributed by atoms with Crippen LogP contribution < -0.4 is 0 Å². The van der Waals surface area contributed by atoms with Gasteiger partial charge in [-0.1, -0.05) is 30.3 Å². The Balaban J connectivity index is 1.69. The molecule has 3 aliphatic rings. The summed E-state index contributed by atoms with van der Waals surface area (Å²) in [4.78, 5) is 5.09. The minimum atomic E-state index is -0.101. The van der Waals surface area contributed by atoms with E-state index in [4.69, 9.17) is 0 Å². The molecule has 3 heteroatoms. The second kappa shape index (κ2) is 5.40. The molecule has 2 fully saturated rings. The van der Waals surface area contributed by atoms with E-state index >= 15 is 0 Å². The van der Waals surface area contributed by atoms with Gasteiger partial charge in [-0.3, -0.25) is 4.90 Å². The molecule has 2 aromatic rings. The first kappa shape index (κ1) is 14.6. The Bertz CT molecular complexity index is 787. The van der Waals surface area contributed by atoms with Crippen molar-refractivity contribution in [2.24, 2.45) is 0 Å². The molecule has 0 amide bonds. The summed E-state index contributed by atoms with van der Waals surface area (Å²) in [7, 11) is 2.22. The average Bonchev–Trinajstić information content (AvgIpc) is 2.88. The molecule has 0 spiro atoms. The highest BCUT2D eigenvalue weighted by atomic mass is 19.1. The number of likely N-dealkylation sites (N-methyl/N-ethyl adjacent to an activating group) is 1. The summed E-state index contributed by atoms with van der Waals surface area (Å²) in [5.74, 6) is 0.386. The SMILES string of the molecule is CN1CCN2[C@H](C[C@@H]3c4ccccc4Cc4ccc(F)cc4[C@H]32)C1. The van der Waals surface area contributed by atoms with Crippen molar-refractivity contribution in [3.63, 3.8) is 0 Å². The molecule has 0 bridgehead atoms. The summed E-state index contributed by atoms with van der Waals surface area (Å²) in [5, 5.41) is 0. The van der Waals surface area contributed by atoms with E-state index in [9.17, 15) is 4.39 Å². The highest BCUT2D eigenvalue weighted by Gasteiger charge is 2.46. The van der Waals surface area contributed by atoms with Gasteiger partial charge in [-0.15, -0.1) is 0 Å². The number of rotatable bonds is 0. The first-order valence-electron chi connectivity index (χ1n) is 9.01. The van der Waals surface area contributed by atoms with E-state index in [0.717, 1.165) is 26.1 Å². The van der Waals surface area contributed by atoms with Crippen LogP contribution in [0.3, 0.4) is 0 Å². The molecule has 2 aliphatic heterocycles. The summed E-state index contributed by atoms with van der Waals surface area (Å²) in [6, 6.07) is 15.2. The van der Waals surface area contributed by atoms with Crippen LogP contribution in [0.1, 0.15) is 40.6 Å². The quantitative estimate of drug-likeness (QED) is 0.731. The summed E-state index contributed by atoms with van der Waals surface area (Å²) >= 11 is 0. The fourth-order valence-electron chi connectivity index (χ4n) is 5.21. The molecule has 0 unspecified atom stereocenters. The van der Waals surface area contributed by atoms with E-state index < -0.39 is 0 Å². The number of nitrogens with zero attached hydrogens (tertiary/aromatic N) is 2. The zero-order chi connectivity index (χ0) is 16.3. The minimum Gasteiger partial charge on any atom is -0.304 e. The lowest BCUT2D eigenvalue weighted by Crippen LogP contribution is -2.49. The molecular weight excluding hydrogens is 299 g/mol. The second-order valence-electron chi connectivity index (χ2n) is 7.66. The molecule has 0 saturated carbocycles. The second-order valence-corrected chi connectivity index (χ2v) is 7.66. The maximum absolute atomic E-state index is 14.1. The number of hydrogen-bond donors (Lipinski definition) is 0. The largest absolute Gasteiger partial charge is 0.304 e. The van der Waals surface area contributed by atoms with E-state index in [1.807, 2.05) is 6.07 Å². The van der Waals surface area contributed by atoms with Crippen LogP contribution in [0.5, 0.6) is 0 Å². The van der Waals surface area contributed by atoms with E-state index in [0.29, 0.717) is 18.0 Å². The zero-order valence-electron chi connectivity index (χ0n) is 14.1. The van der Waals surface area contributed by atoms with Gasteiger partial charge in [0.05, 0.1) is 0 Å². The topological polar surface area (TPSA) is 6.48 Å². The van der Waals surface area contributed by atoms with Crippen molar-refractivity contribution in [3.8, 4) is 0 Å². The van der Waals surface area contributed by atoms with Crippen molar-refractivity contribution in [2.45, 2.75) is 30.8 Å². The third-order valence-corrected chi connectivity index (χ3v) is 6.26. The molecule has 3 atom stereocenters. The lowest BCUT2D eigenvalue weighted by Gasteiger charge is -2.39. The smallest absolute Gasteiger partial charge is 0.123 e. The van der Waals surface area contributed by atoms with E-state index in [2.05, 4.69) is 41.1 Å². The lowest BCUT2D eigenvalue weighted by molar-refractivity contribution is 0.0921. The van der Waals surface area contributed by atoms with Crippen LogP contribution in [0.4, 0.5) is 4.39 Å². The molecule has 0 aromatic heterocycles. The molecule has 24 heavy (non-hydrogen) atoms. The van der Waals surface area contributed by atoms with Crippen LogP contribution >= 0.6 is 0 Å². The predicted octanol–water partition coefficient (Wildman–Crippen LogP) is 3.57. The molecule has 5 rings (SSSR count). The Kier molecular flexibility index (Phi) is 3.29. The van der Waals surface area contributed by atoms with Gasteiger partial charge < -0.3 is 4.90 Å². The third kappa shape index (κ3) is 2.15. The molecule has 2 nitrogen and oxygen atoms in total. The maximum atomic E-state index is 14.1. The number of fused-ring (bicyclic) bond motifs is 7. The molecule has 0 radical (unpaired) electrons. The van der Waals surface area contributed by atoms with Crippen molar-refractivity contribution in [1.82, 2.24) is 9.80 Å². The van der Waals surface area contributed by atoms with Crippen LogP contribution in [0.2, 0.25) is 0 Å². The zero-order valence-corrected chi connectivity index (χ0v) is 14.1. The molecule has 2 saturated heterocycles. The average molecular weight is 322 g/mol. The van der Waals surface area contributed by atoms with Crippen LogP contribution in [0.25, 0.3) is 0 Å². The maximum Gasteiger partial charge on any atom is 0.123 e. The van der Waals surface area contributed by atoms with Gasteiger partial charge in [0, 0.05) is 37.6 Å². The molecule has 2 aromatic carbocycles. The number of piperazine rings is 1. The Morgan fingerprint density at radius 1 is 1.00 bits per heavy atom. The normalized spacial score (nSPS) is 29.3. The van der Waals surface area contributed by atoms with E-state index in [1.54, 1.807) is 12.1 Å². The van der Waals surface area contributed by atoms with Crippen LogP contribution in [0, 0.1) is 5.82 Å². The molecule has 0 N–H and O–H groups in total. The van der Waals surface area contributed by atoms with Crippen molar-refractivity contribution < 1.29 is 4.39 Å². The third-order valence-electron chi connectivity index (χ3n) is 6.26. The summed E-state index contributed by atoms with van der Waals surface area (Å²) in [6.45, 7) is 3.31. The van der Waals surface area contributed by atoms with Gasteiger partial charge in [0.2, 0.25) is 0 Å². The van der Waals surface area contributed by atoms with Crippen molar-refractivity contribution in [2.75, 3.05) is 26.7 Å². The Labute approximate surface area is 142 Å². The Morgan fingerprint density at radius 3 is 2.75 bits per heavy atom. The van der Waals surface area contributed by atoms with Gasteiger partial charge in [-0.25, -0.2) is 4.39 Å². The highest BCUT2D eigenvalue weighted by Crippen LogP contribution is 2.51. The minimum absolute atomic E-state index is 0.101. The molecule has 2 heterocycles. The number of halogens is 1. The van der Waals surface area contributed by atoms with Crippen molar-refractivity contribution in [3.05, 3.63) is 70.5 Å². The standard InChI is InChI=1S/C21H23FN2/c1-23-8-9-24-17(13-23)12-20-18-5-3-2-4-14(18)10-15-6-7-16(22)11-19(15)21(20)24/h2-7,11,17,20-21H,8-10,12-13H2,1H3/t17-,20-,21-/m1/s1. The fraction of sp³-hybridized carbons (Fsp3) is 0.429. The highest BCUT2D eigenvalue weighted by molar-refractivity contribution is 5.46. The number of benzene rings is 2. The molecule has 124 valence electrons. The summed E-state index contributed by atoms with van der Waals surface area (Å²) in [6.07, 6.45) is 2.11. The Morgan fingerprint density at radius 2 is 1.83 bits per heavy atom. The van der Waals surface area contributed by atoms with Crippen molar-refractivity contribution >= 4 is 0 Å². The molecular formula is C21H23FN2. The first-order valence-corrected chi connectivity index (χ1v) is 9.01. The van der Waals surface area contributed by atoms with Gasteiger partial charge >= 0.3 is 0 Å². The predicted molar refractivity (Wildman–Crippen MR) is 93.7 cm³/mol. The van der Waals surface area contributed by atoms with Gasteiger partial charge in [0.1, 0.15) is 5.82 Å². The van der Waals surface area contributed by atoms with E-state index in [1.165, 1.54) is 28.7 Å². The van der Waals surface area contributed by atoms with Crippen LogP contribution in [0.15, 0.2) is 42.5 Å². The summed E-state index contributed by atoms with van der Waals surface area (Å²) < 4.78 is 14.1. The number of hydrogen-bond acceptors (Lipinski definition) is 2. The van der Waals surface area contributed by atoms with Gasteiger partial charge in [0.15, 0.2) is 0 Å². The monoisotopic (exact) mass is 322 g/mol. The van der Waals surface area contributed by atoms with Gasteiger partial charge in [-0.05, 0) is 54.3 Å². The van der Waals surface area contributed by atoms with Gasteiger partial charge in [-0.2, -0.15) is 0 Å². The van der Waals surface area contributed by atoms with Crippen LogP contribution in [-0.4, -0.2) is 42.5 Å². The molecule has 1 aliphatic carbocycles. The van der Waals surface area contributed by atoms with Crippen LogP contribution in [-0.2, 0) is 6.42 Å². The first-order chi connectivity index (χ1) is 11.7. The van der Waals surface area contributed by atoms with Crippen molar-refractivity contribution in [1.29, 1.82) is 0 Å². The lowest BCUT2D eigenvalue weighted by atomic mass is 9.87. The van der Waals surface area contributed by atoms with E-state index in [-0.39, 0.29) is 5.82 Å².